The maximum Gasteiger partial charge on any atom is 0.188 e. The van der Waals surface area contributed by atoms with Gasteiger partial charge >= 0.3 is 0 Å². The summed E-state index contributed by atoms with van der Waals surface area (Å²) in [5.41, 5.74) is 0. The quantitative estimate of drug-likeness (QED) is 0.493. The second-order valence-electron chi connectivity index (χ2n) is 1.44. The third-order valence-electron chi connectivity index (χ3n) is 0.557. The fourth-order valence-corrected chi connectivity index (χ4v) is 0.284. The van der Waals surface area contributed by atoms with Crippen molar-refractivity contribution in [2.75, 3.05) is 6.61 Å². The lowest BCUT2D eigenvalue weighted by Gasteiger charge is -1.99. The van der Waals surface area contributed by atoms with E-state index in [1.807, 2.05) is 6.92 Å². The smallest absolute Gasteiger partial charge is 0.188 e. The summed E-state index contributed by atoms with van der Waals surface area (Å²) >= 11 is 0. The van der Waals surface area contributed by atoms with Crippen LogP contribution in [0.15, 0.2) is 0 Å². The molecule has 0 saturated carbocycles. The molecule has 0 unspecified atom stereocenters. The Morgan fingerprint density at radius 1 is 1.71 bits per heavy atom. The summed E-state index contributed by atoms with van der Waals surface area (Å²) in [6, 6.07) is 0. The van der Waals surface area contributed by atoms with Gasteiger partial charge in [0.05, 0.1) is 0 Å². The van der Waals surface area contributed by atoms with E-state index in [9.17, 15) is 5.11 Å². The van der Waals surface area contributed by atoms with Crippen LogP contribution in [0.25, 0.3) is 0 Å². The molecule has 0 aliphatic carbocycles. The van der Waals surface area contributed by atoms with Gasteiger partial charge in [-0.05, 0) is 13.3 Å². The van der Waals surface area contributed by atoms with Gasteiger partial charge in [0.1, 0.15) is 0 Å². The Morgan fingerprint density at radius 3 is 2.43 bits per heavy atom. The molecule has 7 heavy (non-hydrogen) atoms. The fourth-order valence-electron chi connectivity index (χ4n) is 0.284. The van der Waals surface area contributed by atoms with Gasteiger partial charge < -0.3 is 4.74 Å². The zero-order valence-electron chi connectivity index (χ0n) is 4.81. The van der Waals surface area contributed by atoms with Crippen LogP contribution in [0.4, 0.5) is 0 Å². The fraction of sp³-hybridized carbons (Fsp3) is 1.00. The Labute approximate surface area is 44.1 Å². The molecule has 0 amide bonds. The standard InChI is InChI=1S/C5H11O2/c1-3-4-7-5(2)6/h5H,3-4H2,1-2H3/t5-/m1/s1. The highest BCUT2D eigenvalue weighted by Gasteiger charge is 1.91. The molecule has 0 bridgehead atoms. The molecule has 0 fully saturated rings. The van der Waals surface area contributed by atoms with Crippen molar-refractivity contribution >= 4 is 0 Å². The number of ether oxygens (including phenoxy) is 1. The summed E-state index contributed by atoms with van der Waals surface area (Å²) in [4.78, 5) is 0. The first-order valence-electron chi connectivity index (χ1n) is 2.54. The van der Waals surface area contributed by atoms with Crippen LogP contribution in [0.3, 0.4) is 0 Å². The second-order valence-corrected chi connectivity index (χ2v) is 1.44. The van der Waals surface area contributed by atoms with E-state index in [1.165, 1.54) is 6.92 Å². The van der Waals surface area contributed by atoms with E-state index in [0.29, 0.717) is 6.61 Å². The van der Waals surface area contributed by atoms with Crippen molar-refractivity contribution in [2.45, 2.75) is 26.6 Å². The molecule has 0 aliphatic rings. The van der Waals surface area contributed by atoms with Gasteiger partial charge in [0.15, 0.2) is 6.29 Å². The normalized spacial score (nSPS) is 14.1. The van der Waals surface area contributed by atoms with E-state index in [4.69, 9.17) is 0 Å². The van der Waals surface area contributed by atoms with Gasteiger partial charge in [-0.15, -0.1) is 0 Å². The third kappa shape index (κ3) is 5.92. The highest BCUT2D eigenvalue weighted by Crippen LogP contribution is 1.85. The average molecular weight is 103 g/mol. The zero-order valence-corrected chi connectivity index (χ0v) is 4.81. The molecule has 1 atom stereocenters. The summed E-state index contributed by atoms with van der Waals surface area (Å²) in [6.45, 7) is 4.06. The van der Waals surface area contributed by atoms with Crippen molar-refractivity contribution in [1.82, 2.24) is 0 Å². The molecule has 0 aliphatic heterocycles. The van der Waals surface area contributed by atoms with Gasteiger partial charge in [0.25, 0.3) is 0 Å². The molecule has 1 radical (unpaired) electrons. The lowest BCUT2D eigenvalue weighted by Crippen LogP contribution is -2.04. The molecule has 0 spiro atoms. The molecular formula is C5H11O2. The van der Waals surface area contributed by atoms with E-state index >= 15 is 0 Å². The Kier molecular flexibility index (Phi) is 4.04. The molecule has 0 rings (SSSR count). The number of hydrogen-bond acceptors (Lipinski definition) is 1. The van der Waals surface area contributed by atoms with Crippen LogP contribution in [0.2, 0.25) is 0 Å². The number of hydrogen-bond donors (Lipinski definition) is 0. The van der Waals surface area contributed by atoms with Crippen molar-refractivity contribution in [3.63, 3.8) is 0 Å². The lowest BCUT2D eigenvalue weighted by molar-refractivity contribution is -0.126. The predicted octanol–water partition coefficient (Wildman–Crippen LogP) is 1.19. The molecule has 0 heterocycles. The highest BCUT2D eigenvalue weighted by molar-refractivity contribution is 4.24. The molecule has 0 N–H and O–H groups in total. The van der Waals surface area contributed by atoms with Crippen molar-refractivity contribution in [2.24, 2.45) is 0 Å². The summed E-state index contributed by atoms with van der Waals surface area (Å²) < 4.78 is 4.64. The van der Waals surface area contributed by atoms with Gasteiger partial charge in [-0.2, -0.15) is 0 Å². The zero-order chi connectivity index (χ0) is 5.70. The minimum Gasteiger partial charge on any atom is -0.350 e. The van der Waals surface area contributed by atoms with Crippen molar-refractivity contribution < 1.29 is 9.84 Å². The molecule has 2 nitrogen and oxygen atoms in total. The van der Waals surface area contributed by atoms with Crippen LogP contribution < -0.4 is 0 Å². The minimum absolute atomic E-state index is 0.588. The van der Waals surface area contributed by atoms with Gasteiger partial charge in [-0.1, -0.05) is 6.92 Å². The Balaban J connectivity index is 2.68. The molecular weight excluding hydrogens is 92.1 g/mol. The molecule has 0 aromatic heterocycles. The lowest BCUT2D eigenvalue weighted by atomic mass is 10.5. The molecule has 2 heteroatoms. The highest BCUT2D eigenvalue weighted by atomic mass is 16.6. The predicted molar refractivity (Wildman–Crippen MR) is 26.4 cm³/mol. The van der Waals surface area contributed by atoms with E-state index in [1.54, 1.807) is 0 Å². The van der Waals surface area contributed by atoms with Crippen LogP contribution in [-0.2, 0) is 9.84 Å². The van der Waals surface area contributed by atoms with E-state index in [0.717, 1.165) is 6.42 Å². The Bertz CT molecular complexity index is 35.1. The largest absolute Gasteiger partial charge is 0.350 e. The number of rotatable bonds is 3. The summed E-state index contributed by atoms with van der Waals surface area (Å²) in [5.74, 6) is 0. The first-order valence-corrected chi connectivity index (χ1v) is 2.54. The Morgan fingerprint density at radius 2 is 2.29 bits per heavy atom. The Hall–Kier alpha value is -0.0800. The van der Waals surface area contributed by atoms with Crippen molar-refractivity contribution in [3.8, 4) is 0 Å². The topological polar surface area (TPSA) is 29.1 Å². The summed E-state index contributed by atoms with van der Waals surface area (Å²) in [5, 5.41) is 10.1. The van der Waals surface area contributed by atoms with Gasteiger partial charge in [-0.25, -0.2) is 5.11 Å². The first-order chi connectivity index (χ1) is 3.27. The van der Waals surface area contributed by atoms with Crippen LogP contribution >= 0.6 is 0 Å². The van der Waals surface area contributed by atoms with Crippen LogP contribution in [0.1, 0.15) is 20.3 Å². The maximum absolute atomic E-state index is 10.1. The molecule has 0 aromatic rings. The monoisotopic (exact) mass is 103 g/mol. The average Bonchev–Trinajstić information content (AvgIpc) is 1.61. The molecule has 0 aromatic carbocycles. The van der Waals surface area contributed by atoms with Crippen LogP contribution in [0.5, 0.6) is 0 Å². The van der Waals surface area contributed by atoms with E-state index < -0.39 is 6.29 Å². The third-order valence-corrected chi connectivity index (χ3v) is 0.557. The van der Waals surface area contributed by atoms with Gasteiger partial charge in [0.2, 0.25) is 0 Å². The second kappa shape index (κ2) is 4.09. The first kappa shape index (κ1) is 6.92. The van der Waals surface area contributed by atoms with E-state index in [-0.39, 0.29) is 0 Å². The molecule has 43 valence electrons. The van der Waals surface area contributed by atoms with Crippen molar-refractivity contribution in [1.29, 1.82) is 0 Å². The molecule has 0 saturated heterocycles. The van der Waals surface area contributed by atoms with Crippen LogP contribution in [-0.4, -0.2) is 12.9 Å². The van der Waals surface area contributed by atoms with Gasteiger partial charge in [0, 0.05) is 6.61 Å². The van der Waals surface area contributed by atoms with Crippen LogP contribution in [0, 0.1) is 0 Å². The van der Waals surface area contributed by atoms with E-state index in [2.05, 4.69) is 4.74 Å². The summed E-state index contributed by atoms with van der Waals surface area (Å²) in [7, 11) is 0. The van der Waals surface area contributed by atoms with Crippen molar-refractivity contribution in [3.05, 3.63) is 0 Å². The summed E-state index contributed by atoms with van der Waals surface area (Å²) in [6.07, 6.45) is 0.0759. The van der Waals surface area contributed by atoms with Gasteiger partial charge in [-0.3, -0.25) is 0 Å². The maximum atomic E-state index is 10.1. The minimum atomic E-state index is -0.847. The SMILES string of the molecule is CCCO[C@H](C)[O].